The van der Waals surface area contributed by atoms with E-state index in [9.17, 15) is 31.9 Å². The van der Waals surface area contributed by atoms with Crippen LogP contribution in [-0.4, -0.2) is 30.5 Å². The molecule has 0 unspecified atom stereocenters. The van der Waals surface area contributed by atoms with Gasteiger partial charge in [-0.25, -0.2) is 9.82 Å². The zero-order chi connectivity index (χ0) is 26.1. The minimum atomic E-state index is -4.53. The molecule has 0 atom stereocenters. The van der Waals surface area contributed by atoms with Gasteiger partial charge in [0.05, 0.1) is 17.5 Å². The highest BCUT2D eigenvalue weighted by Gasteiger charge is 2.30. The van der Waals surface area contributed by atoms with Gasteiger partial charge in [0, 0.05) is 5.69 Å². The second kappa shape index (κ2) is 11.6. The number of amides is 3. The van der Waals surface area contributed by atoms with Crippen LogP contribution < -0.4 is 20.8 Å². The van der Waals surface area contributed by atoms with E-state index in [1.807, 2.05) is 5.43 Å². The van der Waals surface area contributed by atoms with Gasteiger partial charge in [0.1, 0.15) is 11.6 Å². The van der Waals surface area contributed by atoms with Crippen LogP contribution in [0.5, 0.6) is 5.75 Å². The first-order valence-electron chi connectivity index (χ1n) is 10.2. The summed E-state index contributed by atoms with van der Waals surface area (Å²) in [6.07, 6.45) is -3.29. The molecule has 0 aliphatic rings. The van der Waals surface area contributed by atoms with Crippen LogP contribution in [0.1, 0.15) is 11.1 Å². The number of nitrogens with one attached hydrogen (secondary N) is 3. The molecule has 0 saturated heterocycles. The highest BCUT2D eigenvalue weighted by molar-refractivity contribution is 6.39. The maximum Gasteiger partial charge on any atom is 0.416 e. The number of para-hydroxylation sites is 1. The van der Waals surface area contributed by atoms with Gasteiger partial charge in [0.15, 0.2) is 6.61 Å². The molecule has 12 heteroatoms. The van der Waals surface area contributed by atoms with E-state index in [0.29, 0.717) is 11.3 Å². The molecule has 0 saturated carbocycles. The van der Waals surface area contributed by atoms with E-state index in [-0.39, 0.29) is 11.4 Å². The van der Waals surface area contributed by atoms with Gasteiger partial charge in [0.25, 0.3) is 5.91 Å². The van der Waals surface area contributed by atoms with Crippen molar-refractivity contribution in [3.8, 4) is 5.75 Å². The Morgan fingerprint density at radius 3 is 2.31 bits per heavy atom. The van der Waals surface area contributed by atoms with E-state index in [0.717, 1.165) is 18.2 Å². The number of alkyl halides is 3. The van der Waals surface area contributed by atoms with Gasteiger partial charge in [-0.2, -0.15) is 18.3 Å². The molecule has 36 heavy (non-hydrogen) atoms. The van der Waals surface area contributed by atoms with E-state index in [4.69, 9.17) is 4.74 Å². The lowest BCUT2D eigenvalue weighted by atomic mass is 10.2. The number of benzene rings is 3. The Kier molecular flexibility index (Phi) is 8.34. The Labute approximate surface area is 202 Å². The predicted molar refractivity (Wildman–Crippen MR) is 123 cm³/mol. The zero-order valence-corrected chi connectivity index (χ0v) is 18.3. The van der Waals surface area contributed by atoms with Crippen molar-refractivity contribution in [2.75, 3.05) is 17.2 Å². The van der Waals surface area contributed by atoms with Crippen molar-refractivity contribution in [3.05, 3.63) is 89.7 Å². The van der Waals surface area contributed by atoms with Crippen LogP contribution in [0.25, 0.3) is 0 Å². The molecule has 0 fully saturated rings. The van der Waals surface area contributed by atoms with Gasteiger partial charge >= 0.3 is 18.0 Å². The number of hydrogen-bond donors (Lipinski definition) is 3. The van der Waals surface area contributed by atoms with Crippen molar-refractivity contribution in [3.63, 3.8) is 0 Å². The largest absolute Gasteiger partial charge is 0.484 e. The number of ether oxygens (including phenoxy) is 1. The highest BCUT2D eigenvalue weighted by Crippen LogP contribution is 2.30. The van der Waals surface area contributed by atoms with Crippen molar-refractivity contribution in [1.82, 2.24) is 5.43 Å². The minimum absolute atomic E-state index is 0.0189. The number of anilines is 2. The summed E-state index contributed by atoms with van der Waals surface area (Å²) < 4.78 is 57.1. The van der Waals surface area contributed by atoms with Gasteiger partial charge in [-0.15, -0.1) is 0 Å². The van der Waals surface area contributed by atoms with Crippen LogP contribution in [0.3, 0.4) is 0 Å². The third-order valence-electron chi connectivity index (χ3n) is 4.43. The van der Waals surface area contributed by atoms with Gasteiger partial charge in [-0.3, -0.25) is 14.4 Å². The van der Waals surface area contributed by atoms with Gasteiger partial charge in [-0.1, -0.05) is 18.2 Å². The molecule has 0 aliphatic carbocycles. The molecule has 0 spiro atoms. The van der Waals surface area contributed by atoms with Crippen LogP contribution >= 0.6 is 0 Å². The molecule has 3 aromatic rings. The Hall–Kier alpha value is -4.74. The lowest BCUT2D eigenvalue weighted by Crippen LogP contribution is -2.32. The SMILES string of the molecule is O=C(COc1ccc(/C=N\NC(=O)C(=O)Nc2ccccc2F)cc1)Nc1cccc(C(F)(F)F)c1. The van der Waals surface area contributed by atoms with Gasteiger partial charge < -0.3 is 15.4 Å². The number of halogens is 4. The molecule has 3 amide bonds. The number of carbonyl (C=O) groups is 3. The number of carbonyl (C=O) groups excluding carboxylic acids is 3. The van der Waals surface area contributed by atoms with Gasteiger partial charge in [-0.05, 0) is 60.2 Å². The van der Waals surface area contributed by atoms with Crippen LogP contribution in [-0.2, 0) is 20.6 Å². The molecule has 0 bridgehead atoms. The number of nitrogens with zero attached hydrogens (tertiary/aromatic N) is 1. The fourth-order valence-electron chi connectivity index (χ4n) is 2.73. The van der Waals surface area contributed by atoms with E-state index in [1.165, 1.54) is 60.8 Å². The summed E-state index contributed by atoms with van der Waals surface area (Å²) in [5, 5.41) is 8.08. The summed E-state index contributed by atoms with van der Waals surface area (Å²) in [6, 6.07) is 15.6. The first-order chi connectivity index (χ1) is 17.1. The summed E-state index contributed by atoms with van der Waals surface area (Å²) >= 11 is 0. The predicted octanol–water partition coefficient (Wildman–Crippen LogP) is 3.95. The molecule has 3 aromatic carbocycles. The monoisotopic (exact) mass is 502 g/mol. The van der Waals surface area contributed by atoms with Gasteiger partial charge in [0.2, 0.25) is 0 Å². The lowest BCUT2D eigenvalue weighted by molar-refractivity contribution is -0.137. The van der Waals surface area contributed by atoms with Crippen LogP contribution in [0.15, 0.2) is 77.9 Å². The van der Waals surface area contributed by atoms with E-state index >= 15 is 0 Å². The summed E-state index contributed by atoms with van der Waals surface area (Å²) in [4.78, 5) is 35.5. The fourth-order valence-corrected chi connectivity index (χ4v) is 2.73. The third-order valence-corrected chi connectivity index (χ3v) is 4.43. The molecular formula is C24H18F4N4O4. The van der Waals surface area contributed by atoms with Crippen molar-refractivity contribution in [2.45, 2.75) is 6.18 Å². The summed E-state index contributed by atoms with van der Waals surface area (Å²) in [5.41, 5.74) is 1.45. The summed E-state index contributed by atoms with van der Waals surface area (Å²) in [5.74, 6) is -3.28. The van der Waals surface area contributed by atoms with Crippen molar-refractivity contribution < 1.29 is 36.7 Å². The molecule has 0 aromatic heterocycles. The van der Waals surface area contributed by atoms with Crippen molar-refractivity contribution in [2.24, 2.45) is 5.10 Å². The minimum Gasteiger partial charge on any atom is -0.484 e. The van der Waals surface area contributed by atoms with Crippen LogP contribution in [0.4, 0.5) is 28.9 Å². The maximum absolute atomic E-state index is 13.5. The van der Waals surface area contributed by atoms with Crippen molar-refractivity contribution in [1.29, 1.82) is 0 Å². The Bertz CT molecular complexity index is 1280. The molecule has 3 rings (SSSR count). The van der Waals surface area contributed by atoms with Crippen LogP contribution in [0, 0.1) is 5.82 Å². The first kappa shape index (κ1) is 25.9. The lowest BCUT2D eigenvalue weighted by Gasteiger charge is -2.10. The fraction of sp³-hybridized carbons (Fsp3) is 0.0833. The number of hydrogen-bond acceptors (Lipinski definition) is 5. The van der Waals surface area contributed by atoms with Crippen LogP contribution in [0.2, 0.25) is 0 Å². The average molecular weight is 502 g/mol. The molecule has 0 aliphatic heterocycles. The molecule has 0 radical (unpaired) electrons. The Morgan fingerprint density at radius 1 is 0.889 bits per heavy atom. The number of rotatable bonds is 7. The zero-order valence-electron chi connectivity index (χ0n) is 18.3. The topological polar surface area (TPSA) is 109 Å². The maximum atomic E-state index is 13.5. The van der Waals surface area contributed by atoms with Crippen molar-refractivity contribution >= 4 is 35.3 Å². The third kappa shape index (κ3) is 7.65. The first-order valence-corrected chi connectivity index (χ1v) is 10.2. The quantitative estimate of drug-likeness (QED) is 0.197. The Balaban J connectivity index is 1.45. The van der Waals surface area contributed by atoms with E-state index in [2.05, 4.69) is 15.7 Å². The molecular weight excluding hydrogens is 484 g/mol. The molecule has 186 valence electrons. The van der Waals surface area contributed by atoms with E-state index in [1.54, 1.807) is 0 Å². The summed E-state index contributed by atoms with van der Waals surface area (Å²) in [7, 11) is 0. The highest BCUT2D eigenvalue weighted by atomic mass is 19.4. The smallest absolute Gasteiger partial charge is 0.416 e. The Morgan fingerprint density at radius 2 is 1.61 bits per heavy atom. The normalized spacial score (nSPS) is 11.1. The second-order valence-corrected chi connectivity index (χ2v) is 7.12. The van der Waals surface area contributed by atoms with E-state index < -0.39 is 41.9 Å². The molecule has 0 heterocycles. The molecule has 3 N–H and O–H groups in total. The summed E-state index contributed by atoms with van der Waals surface area (Å²) in [6.45, 7) is -0.448. The standard InChI is InChI=1S/C24H18F4N4O4/c25-19-6-1-2-7-20(19)31-22(34)23(35)32-29-13-15-8-10-18(11-9-15)36-14-21(33)30-17-5-3-4-16(12-17)24(26,27)28/h1-13H,14H2,(H,30,33)(H,31,34)(H,32,35)/b29-13-. The average Bonchev–Trinajstić information content (AvgIpc) is 2.84. The second-order valence-electron chi connectivity index (χ2n) is 7.12. The number of hydrazone groups is 1. The molecule has 8 nitrogen and oxygen atoms in total.